The van der Waals surface area contributed by atoms with Crippen LogP contribution in [-0.4, -0.2) is 46.4 Å². The largest absolute Gasteiger partial charge is 0.339 e. The van der Waals surface area contributed by atoms with Gasteiger partial charge in [0.05, 0.1) is 5.69 Å². The van der Waals surface area contributed by atoms with Crippen molar-refractivity contribution >= 4 is 23.9 Å². The number of hydrogen-bond donors (Lipinski definition) is 2. The number of hydrogen-bond acceptors (Lipinski definition) is 4. The van der Waals surface area contributed by atoms with Gasteiger partial charge in [-0.25, -0.2) is 4.79 Å². The number of urea groups is 1. The number of carbonyl (C=O) groups excluding carboxylic acids is 3. The average Bonchev–Trinajstić information content (AvgIpc) is 3.12. The first-order chi connectivity index (χ1) is 15.6. The Hall–Kier alpha value is -3.48. The van der Waals surface area contributed by atoms with Gasteiger partial charge in [0.1, 0.15) is 5.54 Å². The van der Waals surface area contributed by atoms with Gasteiger partial charge in [-0.2, -0.15) is 0 Å². The number of piperidine rings is 1. The SMILES string of the molecule is O=C1NC(=O)C(CCCc2ccccc2)(C2CCN(C(=O)/C=C/c3ccccn3)CC2)N1. The highest BCUT2D eigenvalue weighted by Gasteiger charge is 2.51. The second kappa shape index (κ2) is 9.77. The van der Waals surface area contributed by atoms with Crippen LogP contribution in [0.3, 0.4) is 0 Å². The topological polar surface area (TPSA) is 91.4 Å². The smallest absolute Gasteiger partial charge is 0.322 e. The van der Waals surface area contributed by atoms with Crippen molar-refractivity contribution in [3.63, 3.8) is 0 Å². The zero-order valence-electron chi connectivity index (χ0n) is 18.0. The highest BCUT2D eigenvalue weighted by Crippen LogP contribution is 2.35. The van der Waals surface area contributed by atoms with Crippen molar-refractivity contribution in [1.29, 1.82) is 0 Å². The van der Waals surface area contributed by atoms with Crippen molar-refractivity contribution in [1.82, 2.24) is 20.5 Å². The first-order valence-corrected chi connectivity index (χ1v) is 11.1. The van der Waals surface area contributed by atoms with E-state index in [9.17, 15) is 14.4 Å². The summed E-state index contributed by atoms with van der Waals surface area (Å²) in [4.78, 5) is 43.4. The fraction of sp³-hybridized carbons (Fsp3) is 0.360. The standard InChI is InChI=1S/C25H28N4O3/c30-22(12-11-21-10-4-5-16-26-21)29-17-13-20(14-18-29)25(23(31)27-24(32)28-25)15-6-9-19-7-2-1-3-8-19/h1-5,7-8,10-12,16,20H,6,9,13-15,17-18H2,(H2,27,28,31,32)/b12-11+. The van der Waals surface area contributed by atoms with Gasteiger partial charge in [0.15, 0.2) is 0 Å². The lowest BCUT2D eigenvalue weighted by atomic mass is 9.74. The minimum Gasteiger partial charge on any atom is -0.339 e. The Labute approximate surface area is 187 Å². The van der Waals surface area contributed by atoms with Gasteiger partial charge in [-0.15, -0.1) is 0 Å². The van der Waals surface area contributed by atoms with Crippen LogP contribution in [0.4, 0.5) is 4.79 Å². The number of nitrogens with zero attached hydrogens (tertiary/aromatic N) is 2. The molecule has 2 saturated heterocycles. The fourth-order valence-electron chi connectivity index (χ4n) is 4.72. The third-order valence-corrected chi connectivity index (χ3v) is 6.44. The Morgan fingerprint density at radius 3 is 2.50 bits per heavy atom. The number of carbonyl (C=O) groups is 3. The summed E-state index contributed by atoms with van der Waals surface area (Å²) in [6, 6.07) is 15.3. The van der Waals surface area contributed by atoms with Gasteiger partial charge in [-0.05, 0) is 61.8 Å². The zero-order chi connectivity index (χ0) is 22.4. The van der Waals surface area contributed by atoms with Gasteiger partial charge in [0.2, 0.25) is 5.91 Å². The van der Waals surface area contributed by atoms with Crippen molar-refractivity contribution < 1.29 is 14.4 Å². The molecule has 2 aliphatic rings. The van der Waals surface area contributed by atoms with Crippen molar-refractivity contribution in [3.8, 4) is 0 Å². The molecule has 1 aromatic carbocycles. The predicted octanol–water partition coefficient (Wildman–Crippen LogP) is 2.93. The van der Waals surface area contributed by atoms with E-state index in [1.165, 1.54) is 5.56 Å². The highest BCUT2D eigenvalue weighted by molar-refractivity contribution is 6.07. The van der Waals surface area contributed by atoms with Crippen molar-refractivity contribution in [2.45, 2.75) is 37.6 Å². The molecule has 0 saturated carbocycles. The second-order valence-corrected chi connectivity index (χ2v) is 8.41. The number of benzene rings is 1. The fourth-order valence-corrected chi connectivity index (χ4v) is 4.72. The lowest BCUT2D eigenvalue weighted by Gasteiger charge is -2.40. The van der Waals surface area contributed by atoms with E-state index in [0.717, 1.165) is 18.5 Å². The molecule has 0 spiro atoms. The van der Waals surface area contributed by atoms with E-state index in [1.54, 1.807) is 23.2 Å². The van der Waals surface area contributed by atoms with Crippen LogP contribution in [-0.2, 0) is 16.0 Å². The van der Waals surface area contributed by atoms with Crippen LogP contribution in [0.2, 0.25) is 0 Å². The lowest BCUT2D eigenvalue weighted by molar-refractivity contribution is -0.130. The van der Waals surface area contributed by atoms with Gasteiger partial charge < -0.3 is 10.2 Å². The maximum Gasteiger partial charge on any atom is 0.322 e. The summed E-state index contributed by atoms with van der Waals surface area (Å²) in [7, 11) is 0. The minimum absolute atomic E-state index is 0.00598. The summed E-state index contributed by atoms with van der Waals surface area (Å²) < 4.78 is 0. The summed E-state index contributed by atoms with van der Waals surface area (Å²) >= 11 is 0. The number of imide groups is 1. The number of aryl methyl sites for hydroxylation is 1. The molecule has 2 fully saturated rings. The Morgan fingerprint density at radius 2 is 1.84 bits per heavy atom. The predicted molar refractivity (Wildman–Crippen MR) is 121 cm³/mol. The molecule has 2 N–H and O–H groups in total. The summed E-state index contributed by atoms with van der Waals surface area (Å²) in [5, 5.41) is 5.38. The molecule has 0 aliphatic carbocycles. The van der Waals surface area contributed by atoms with Crippen LogP contribution < -0.4 is 10.6 Å². The molecule has 1 atom stereocenters. The Bertz CT molecular complexity index is 985. The highest BCUT2D eigenvalue weighted by atomic mass is 16.2. The monoisotopic (exact) mass is 432 g/mol. The number of rotatable bonds is 7. The first-order valence-electron chi connectivity index (χ1n) is 11.1. The van der Waals surface area contributed by atoms with Crippen LogP contribution in [0.5, 0.6) is 0 Å². The van der Waals surface area contributed by atoms with E-state index >= 15 is 0 Å². The summed E-state index contributed by atoms with van der Waals surface area (Å²) in [6.45, 7) is 1.11. The van der Waals surface area contributed by atoms with E-state index < -0.39 is 11.6 Å². The second-order valence-electron chi connectivity index (χ2n) is 8.41. The molecule has 4 rings (SSSR count). The van der Waals surface area contributed by atoms with E-state index in [2.05, 4.69) is 27.8 Å². The summed E-state index contributed by atoms with van der Waals surface area (Å²) in [5.41, 5.74) is 1.05. The molecule has 32 heavy (non-hydrogen) atoms. The molecule has 7 nitrogen and oxygen atoms in total. The van der Waals surface area contributed by atoms with Crippen LogP contribution >= 0.6 is 0 Å². The van der Waals surface area contributed by atoms with Gasteiger partial charge in [0.25, 0.3) is 5.91 Å². The average molecular weight is 433 g/mol. The third-order valence-electron chi connectivity index (χ3n) is 6.44. The molecule has 1 aromatic heterocycles. The van der Waals surface area contributed by atoms with Crippen LogP contribution in [0, 0.1) is 5.92 Å². The van der Waals surface area contributed by atoms with Crippen molar-refractivity contribution in [3.05, 3.63) is 72.1 Å². The van der Waals surface area contributed by atoms with Gasteiger partial charge in [0, 0.05) is 25.4 Å². The molecule has 7 heteroatoms. The molecular formula is C25H28N4O3. The number of amides is 4. The minimum atomic E-state index is -0.898. The molecule has 0 radical (unpaired) electrons. The molecule has 2 aliphatic heterocycles. The van der Waals surface area contributed by atoms with Gasteiger partial charge in [-0.1, -0.05) is 36.4 Å². The molecular weight excluding hydrogens is 404 g/mol. The normalized spacial score (nSPS) is 21.6. The van der Waals surface area contributed by atoms with Crippen LogP contribution in [0.15, 0.2) is 60.8 Å². The number of nitrogens with one attached hydrogen (secondary N) is 2. The van der Waals surface area contributed by atoms with E-state index in [4.69, 9.17) is 0 Å². The molecule has 1 unspecified atom stereocenters. The molecule has 3 heterocycles. The molecule has 4 amide bonds. The Balaban J connectivity index is 1.37. The quantitative estimate of drug-likeness (QED) is 0.520. The molecule has 0 bridgehead atoms. The van der Waals surface area contributed by atoms with E-state index in [-0.39, 0.29) is 17.7 Å². The number of likely N-dealkylation sites (tertiary alicyclic amines) is 1. The Morgan fingerprint density at radius 1 is 1.09 bits per heavy atom. The zero-order valence-corrected chi connectivity index (χ0v) is 18.0. The maximum absolute atomic E-state index is 12.8. The van der Waals surface area contributed by atoms with E-state index in [1.807, 2.05) is 36.4 Å². The number of pyridine rings is 1. The van der Waals surface area contributed by atoms with Crippen molar-refractivity contribution in [2.24, 2.45) is 5.92 Å². The maximum atomic E-state index is 12.8. The van der Waals surface area contributed by atoms with E-state index in [0.29, 0.717) is 32.4 Å². The lowest BCUT2D eigenvalue weighted by Crippen LogP contribution is -2.56. The van der Waals surface area contributed by atoms with Crippen molar-refractivity contribution in [2.75, 3.05) is 13.1 Å². The summed E-state index contributed by atoms with van der Waals surface area (Å²) in [5.74, 6) is -0.309. The first kappa shape index (κ1) is 21.7. The Kier molecular flexibility index (Phi) is 6.63. The number of aromatic nitrogens is 1. The van der Waals surface area contributed by atoms with Crippen LogP contribution in [0.1, 0.15) is 36.9 Å². The van der Waals surface area contributed by atoms with Gasteiger partial charge >= 0.3 is 6.03 Å². The van der Waals surface area contributed by atoms with Gasteiger partial charge in [-0.3, -0.25) is 19.9 Å². The third kappa shape index (κ3) is 4.88. The summed E-state index contributed by atoms with van der Waals surface area (Å²) in [6.07, 6.45) is 8.51. The molecule has 166 valence electrons. The molecule has 2 aromatic rings. The van der Waals surface area contributed by atoms with Crippen LogP contribution in [0.25, 0.3) is 6.08 Å².